The molecule has 1 atom stereocenters. The lowest BCUT2D eigenvalue weighted by atomic mass is 10.1. The van der Waals surface area contributed by atoms with Crippen molar-refractivity contribution in [1.29, 1.82) is 0 Å². The number of sulfone groups is 1. The lowest BCUT2D eigenvalue weighted by Gasteiger charge is -2.14. The number of aryl methyl sites for hydroxylation is 1. The fourth-order valence-electron chi connectivity index (χ4n) is 2.13. The van der Waals surface area contributed by atoms with Crippen molar-refractivity contribution in [2.45, 2.75) is 24.8 Å². The Morgan fingerprint density at radius 3 is 2.55 bits per heavy atom. The first-order valence-corrected chi connectivity index (χ1v) is 8.70. The Bertz CT molecular complexity index is 786. The van der Waals surface area contributed by atoms with Gasteiger partial charge >= 0.3 is 0 Å². The van der Waals surface area contributed by atoms with Crippen LogP contribution in [0.5, 0.6) is 0 Å². The van der Waals surface area contributed by atoms with Gasteiger partial charge in [0.2, 0.25) is 0 Å². The van der Waals surface area contributed by atoms with Crippen LogP contribution < -0.4 is 5.32 Å². The van der Waals surface area contributed by atoms with Crippen LogP contribution in [0.15, 0.2) is 47.5 Å². The van der Waals surface area contributed by atoms with E-state index in [0.29, 0.717) is 11.1 Å². The number of benzene rings is 1. The highest BCUT2D eigenvalue weighted by Gasteiger charge is 2.16. The van der Waals surface area contributed by atoms with Gasteiger partial charge in [-0.05, 0) is 43.7 Å². The van der Waals surface area contributed by atoms with Gasteiger partial charge in [0.15, 0.2) is 9.84 Å². The first-order chi connectivity index (χ1) is 10.3. The summed E-state index contributed by atoms with van der Waals surface area (Å²) in [5.74, 6) is -0.331. The van der Waals surface area contributed by atoms with Crippen molar-refractivity contribution in [3.8, 4) is 0 Å². The SMILES string of the molecule is Cc1ccc(C(=O)N[C@@H](C)c2ccccn2)cc1S(C)(=O)=O. The minimum absolute atomic E-state index is 0.172. The summed E-state index contributed by atoms with van der Waals surface area (Å²) in [6.45, 7) is 3.53. The van der Waals surface area contributed by atoms with Crippen LogP contribution in [0.1, 0.15) is 34.6 Å². The van der Waals surface area contributed by atoms with Crippen molar-refractivity contribution in [2.75, 3.05) is 6.26 Å². The van der Waals surface area contributed by atoms with E-state index in [4.69, 9.17) is 0 Å². The van der Waals surface area contributed by atoms with E-state index in [9.17, 15) is 13.2 Å². The molecule has 0 aliphatic carbocycles. The van der Waals surface area contributed by atoms with Crippen LogP contribution in [0.3, 0.4) is 0 Å². The van der Waals surface area contributed by atoms with Gasteiger partial charge in [0.05, 0.1) is 16.6 Å². The Hall–Kier alpha value is -2.21. The van der Waals surface area contributed by atoms with Crippen LogP contribution in [0.4, 0.5) is 0 Å². The number of rotatable bonds is 4. The van der Waals surface area contributed by atoms with Crippen molar-refractivity contribution >= 4 is 15.7 Å². The molecule has 22 heavy (non-hydrogen) atoms. The second-order valence-corrected chi connectivity index (χ2v) is 7.19. The zero-order chi connectivity index (χ0) is 16.3. The first kappa shape index (κ1) is 16.2. The third-order valence-corrected chi connectivity index (χ3v) is 4.57. The quantitative estimate of drug-likeness (QED) is 0.938. The standard InChI is InChI=1S/C16H18N2O3S/c1-11-7-8-13(10-15(11)22(3,20)21)16(19)18-12(2)14-6-4-5-9-17-14/h4-10,12H,1-3H3,(H,18,19)/t12-/m0/s1. The van der Waals surface area contributed by atoms with Crippen molar-refractivity contribution in [1.82, 2.24) is 10.3 Å². The fraction of sp³-hybridized carbons (Fsp3) is 0.250. The van der Waals surface area contributed by atoms with Gasteiger partial charge < -0.3 is 5.32 Å². The first-order valence-electron chi connectivity index (χ1n) is 6.81. The van der Waals surface area contributed by atoms with Crippen LogP contribution in [0.25, 0.3) is 0 Å². The normalized spacial score (nSPS) is 12.7. The summed E-state index contributed by atoms with van der Waals surface area (Å²) in [6.07, 6.45) is 2.79. The minimum Gasteiger partial charge on any atom is -0.344 e. The van der Waals surface area contributed by atoms with Crippen molar-refractivity contribution in [2.24, 2.45) is 0 Å². The van der Waals surface area contributed by atoms with E-state index in [0.717, 1.165) is 11.9 Å². The van der Waals surface area contributed by atoms with Gasteiger partial charge in [-0.1, -0.05) is 12.1 Å². The average molecular weight is 318 g/mol. The summed E-state index contributed by atoms with van der Waals surface area (Å²) in [5, 5.41) is 2.81. The number of hydrogen-bond acceptors (Lipinski definition) is 4. The molecular formula is C16H18N2O3S. The van der Waals surface area contributed by atoms with Gasteiger partial charge in [0.25, 0.3) is 5.91 Å². The van der Waals surface area contributed by atoms with E-state index < -0.39 is 9.84 Å². The minimum atomic E-state index is -3.36. The molecular weight excluding hydrogens is 300 g/mol. The highest BCUT2D eigenvalue weighted by molar-refractivity contribution is 7.90. The number of carbonyl (C=O) groups excluding carboxylic acids is 1. The molecule has 0 fully saturated rings. The monoisotopic (exact) mass is 318 g/mol. The second-order valence-electron chi connectivity index (χ2n) is 5.20. The zero-order valence-corrected chi connectivity index (χ0v) is 13.5. The highest BCUT2D eigenvalue weighted by atomic mass is 32.2. The molecule has 0 spiro atoms. The molecule has 0 aliphatic rings. The lowest BCUT2D eigenvalue weighted by molar-refractivity contribution is 0.0939. The van der Waals surface area contributed by atoms with Gasteiger partial charge in [-0.3, -0.25) is 9.78 Å². The van der Waals surface area contributed by atoms with E-state index in [1.165, 1.54) is 6.07 Å². The Balaban J connectivity index is 2.24. The van der Waals surface area contributed by atoms with Crippen molar-refractivity contribution in [3.63, 3.8) is 0 Å². The summed E-state index contributed by atoms with van der Waals surface area (Å²) < 4.78 is 23.5. The fourth-order valence-corrected chi connectivity index (χ4v) is 3.12. The van der Waals surface area contributed by atoms with Gasteiger partial charge in [-0.2, -0.15) is 0 Å². The Morgan fingerprint density at radius 2 is 1.95 bits per heavy atom. The maximum absolute atomic E-state index is 12.3. The summed E-state index contributed by atoms with van der Waals surface area (Å²) in [6, 6.07) is 9.86. The van der Waals surface area contributed by atoms with E-state index in [2.05, 4.69) is 10.3 Å². The molecule has 1 amide bonds. The Labute approximate surface area is 130 Å². The molecule has 1 heterocycles. The van der Waals surface area contributed by atoms with Gasteiger partial charge in [0, 0.05) is 18.0 Å². The highest BCUT2D eigenvalue weighted by Crippen LogP contribution is 2.18. The number of carbonyl (C=O) groups is 1. The average Bonchev–Trinajstić information content (AvgIpc) is 2.47. The number of pyridine rings is 1. The maximum Gasteiger partial charge on any atom is 0.251 e. The molecule has 0 saturated heterocycles. The summed E-state index contributed by atoms with van der Waals surface area (Å²) >= 11 is 0. The molecule has 1 N–H and O–H groups in total. The van der Waals surface area contributed by atoms with Gasteiger partial charge in [-0.15, -0.1) is 0 Å². The van der Waals surface area contributed by atoms with E-state index >= 15 is 0 Å². The molecule has 2 rings (SSSR count). The molecule has 1 aromatic heterocycles. The van der Waals surface area contributed by atoms with Crippen LogP contribution >= 0.6 is 0 Å². The van der Waals surface area contributed by atoms with Gasteiger partial charge in [-0.25, -0.2) is 8.42 Å². The molecule has 0 saturated carbocycles. The van der Waals surface area contributed by atoms with E-state index in [-0.39, 0.29) is 16.8 Å². The number of nitrogens with one attached hydrogen (secondary N) is 1. The van der Waals surface area contributed by atoms with E-state index in [1.54, 1.807) is 31.3 Å². The van der Waals surface area contributed by atoms with Crippen molar-refractivity contribution < 1.29 is 13.2 Å². The molecule has 0 bridgehead atoms. The van der Waals surface area contributed by atoms with Crippen LogP contribution in [0.2, 0.25) is 0 Å². The number of nitrogens with zero attached hydrogens (tertiary/aromatic N) is 1. The van der Waals surface area contributed by atoms with Crippen LogP contribution in [0, 0.1) is 6.92 Å². The molecule has 2 aromatic rings. The zero-order valence-electron chi connectivity index (χ0n) is 12.7. The Kier molecular flexibility index (Phi) is 4.61. The predicted molar refractivity (Wildman–Crippen MR) is 84.4 cm³/mol. The van der Waals surface area contributed by atoms with Gasteiger partial charge in [0.1, 0.15) is 0 Å². The topological polar surface area (TPSA) is 76.1 Å². The van der Waals surface area contributed by atoms with Crippen LogP contribution in [-0.2, 0) is 9.84 Å². The maximum atomic E-state index is 12.3. The second kappa shape index (κ2) is 6.27. The molecule has 0 radical (unpaired) electrons. The third kappa shape index (κ3) is 3.71. The molecule has 0 unspecified atom stereocenters. The third-order valence-electron chi connectivity index (χ3n) is 3.33. The summed E-state index contributed by atoms with van der Waals surface area (Å²) in [5.41, 5.74) is 1.68. The van der Waals surface area contributed by atoms with Crippen LogP contribution in [-0.4, -0.2) is 25.6 Å². The molecule has 0 aliphatic heterocycles. The largest absolute Gasteiger partial charge is 0.344 e. The number of hydrogen-bond donors (Lipinski definition) is 1. The summed E-state index contributed by atoms with van der Waals surface area (Å²) in [4.78, 5) is 16.6. The summed E-state index contributed by atoms with van der Waals surface area (Å²) in [7, 11) is -3.36. The molecule has 116 valence electrons. The smallest absolute Gasteiger partial charge is 0.251 e. The van der Waals surface area contributed by atoms with E-state index in [1.807, 2.05) is 19.1 Å². The molecule has 5 nitrogen and oxygen atoms in total. The molecule has 6 heteroatoms. The van der Waals surface area contributed by atoms with Crippen molar-refractivity contribution in [3.05, 3.63) is 59.4 Å². The Morgan fingerprint density at radius 1 is 1.23 bits per heavy atom. The molecule has 1 aromatic carbocycles. The predicted octanol–water partition coefficient (Wildman–Crippen LogP) is 2.28. The lowest BCUT2D eigenvalue weighted by Crippen LogP contribution is -2.27. The number of amides is 1. The number of aromatic nitrogens is 1.